The van der Waals surface area contributed by atoms with Gasteiger partial charge < -0.3 is 4.74 Å². The zero-order valence-corrected chi connectivity index (χ0v) is 17.4. The first-order chi connectivity index (χ1) is 12.8. The van der Waals surface area contributed by atoms with Crippen LogP contribution in [-0.2, 0) is 9.53 Å². The largest absolute Gasteiger partial charge is 0.379 e. The Morgan fingerprint density at radius 3 is 1.62 bits per heavy atom. The van der Waals surface area contributed by atoms with Gasteiger partial charge in [-0.25, -0.2) is 5.01 Å². The summed E-state index contributed by atoms with van der Waals surface area (Å²) in [6.07, 6.45) is 21.1. The van der Waals surface area contributed by atoms with Gasteiger partial charge in [-0.15, -0.1) is 0 Å². The third kappa shape index (κ3) is 14.5. The summed E-state index contributed by atoms with van der Waals surface area (Å²) in [5.74, 6) is 0.168. The molecule has 1 heterocycles. The van der Waals surface area contributed by atoms with Crippen LogP contribution in [0.2, 0.25) is 0 Å². The molecule has 1 saturated heterocycles. The minimum Gasteiger partial charge on any atom is -0.379 e. The third-order valence-electron chi connectivity index (χ3n) is 5.30. The standard InChI is InChI=1S/C22H44N2O2/c1-2-3-4-5-6-7-8-9-10-11-12-13-14-15-16-17-22(25)23-24-18-20-26-21-19-24/h2-21H2,1H3,(H,23,25). The molecule has 0 aliphatic carbocycles. The van der Waals surface area contributed by atoms with Gasteiger partial charge in [0.15, 0.2) is 0 Å². The maximum Gasteiger partial charge on any atom is 0.234 e. The molecule has 0 radical (unpaired) electrons. The molecule has 0 saturated carbocycles. The van der Waals surface area contributed by atoms with E-state index in [9.17, 15) is 4.79 Å². The topological polar surface area (TPSA) is 41.6 Å². The van der Waals surface area contributed by atoms with E-state index in [1.54, 1.807) is 0 Å². The highest BCUT2D eigenvalue weighted by Gasteiger charge is 2.12. The van der Waals surface area contributed by atoms with E-state index in [0.29, 0.717) is 6.42 Å². The smallest absolute Gasteiger partial charge is 0.234 e. The summed E-state index contributed by atoms with van der Waals surface area (Å²) in [5.41, 5.74) is 2.98. The molecule has 0 bridgehead atoms. The van der Waals surface area contributed by atoms with Crippen molar-refractivity contribution in [3.8, 4) is 0 Å². The summed E-state index contributed by atoms with van der Waals surface area (Å²) >= 11 is 0. The molecule has 26 heavy (non-hydrogen) atoms. The lowest BCUT2D eigenvalue weighted by atomic mass is 10.0. The van der Waals surface area contributed by atoms with Gasteiger partial charge in [0.1, 0.15) is 0 Å². The number of carbonyl (C=O) groups excluding carboxylic acids is 1. The van der Waals surface area contributed by atoms with Crippen molar-refractivity contribution in [2.45, 2.75) is 110 Å². The van der Waals surface area contributed by atoms with Crippen LogP contribution in [0.3, 0.4) is 0 Å². The maximum atomic E-state index is 11.9. The van der Waals surface area contributed by atoms with Crippen LogP contribution in [0.5, 0.6) is 0 Å². The molecule has 0 aromatic heterocycles. The molecule has 154 valence electrons. The number of ether oxygens (including phenoxy) is 1. The number of unbranched alkanes of at least 4 members (excludes halogenated alkanes) is 14. The molecule has 1 N–H and O–H groups in total. The van der Waals surface area contributed by atoms with E-state index in [2.05, 4.69) is 12.3 Å². The fourth-order valence-electron chi connectivity index (χ4n) is 3.56. The molecule has 1 rings (SSSR count). The molecule has 1 fully saturated rings. The normalized spacial score (nSPS) is 15.3. The van der Waals surface area contributed by atoms with Crippen molar-refractivity contribution < 1.29 is 9.53 Å². The summed E-state index contributed by atoms with van der Waals surface area (Å²) in [7, 11) is 0. The van der Waals surface area contributed by atoms with Crippen LogP contribution in [0.25, 0.3) is 0 Å². The Balaban J connectivity index is 1.73. The fourth-order valence-corrected chi connectivity index (χ4v) is 3.56. The molecule has 0 atom stereocenters. The van der Waals surface area contributed by atoms with E-state index in [1.165, 1.54) is 89.9 Å². The first kappa shape index (κ1) is 23.4. The maximum absolute atomic E-state index is 11.9. The average molecular weight is 369 g/mol. The average Bonchev–Trinajstić information content (AvgIpc) is 2.65. The molecule has 0 unspecified atom stereocenters. The Morgan fingerprint density at radius 1 is 0.731 bits per heavy atom. The van der Waals surface area contributed by atoms with E-state index in [1.807, 2.05) is 5.01 Å². The van der Waals surface area contributed by atoms with Gasteiger partial charge in [-0.3, -0.25) is 10.2 Å². The van der Waals surface area contributed by atoms with Crippen molar-refractivity contribution in [1.29, 1.82) is 0 Å². The van der Waals surface area contributed by atoms with Gasteiger partial charge in [0, 0.05) is 19.5 Å². The van der Waals surface area contributed by atoms with Crippen LogP contribution in [0.15, 0.2) is 0 Å². The molecule has 1 amide bonds. The van der Waals surface area contributed by atoms with Crippen molar-refractivity contribution in [3.63, 3.8) is 0 Å². The second-order valence-electron chi connectivity index (χ2n) is 7.83. The number of hydrogen-bond acceptors (Lipinski definition) is 3. The Bertz CT molecular complexity index is 317. The third-order valence-corrected chi connectivity index (χ3v) is 5.30. The minimum atomic E-state index is 0.168. The van der Waals surface area contributed by atoms with Crippen molar-refractivity contribution in [3.05, 3.63) is 0 Å². The number of carbonyl (C=O) groups is 1. The molecule has 0 aromatic rings. The van der Waals surface area contributed by atoms with Gasteiger partial charge in [0.05, 0.1) is 13.2 Å². The summed E-state index contributed by atoms with van der Waals surface area (Å²) in [5, 5.41) is 1.98. The highest BCUT2D eigenvalue weighted by molar-refractivity contribution is 5.75. The first-order valence-corrected chi connectivity index (χ1v) is 11.4. The van der Waals surface area contributed by atoms with E-state index in [4.69, 9.17) is 4.74 Å². The molecule has 0 aromatic carbocycles. The minimum absolute atomic E-state index is 0.168. The predicted molar refractivity (Wildman–Crippen MR) is 110 cm³/mol. The summed E-state index contributed by atoms with van der Waals surface area (Å²) in [4.78, 5) is 11.9. The highest BCUT2D eigenvalue weighted by Crippen LogP contribution is 2.13. The van der Waals surface area contributed by atoms with Crippen LogP contribution >= 0.6 is 0 Å². The van der Waals surface area contributed by atoms with Crippen LogP contribution in [0.1, 0.15) is 110 Å². The SMILES string of the molecule is CCCCCCCCCCCCCCCCCC(=O)NN1CCOCC1. The lowest BCUT2D eigenvalue weighted by Crippen LogP contribution is -2.48. The van der Waals surface area contributed by atoms with Crippen LogP contribution in [0.4, 0.5) is 0 Å². The second kappa shape index (κ2) is 17.8. The Morgan fingerprint density at radius 2 is 1.15 bits per heavy atom. The monoisotopic (exact) mass is 368 g/mol. The van der Waals surface area contributed by atoms with E-state index >= 15 is 0 Å². The predicted octanol–water partition coefficient (Wildman–Crippen LogP) is 5.61. The first-order valence-electron chi connectivity index (χ1n) is 11.4. The van der Waals surface area contributed by atoms with Gasteiger partial charge in [0.25, 0.3) is 0 Å². The summed E-state index contributed by atoms with van der Waals surface area (Å²) in [6.45, 7) is 5.34. The molecule has 1 aliphatic heterocycles. The lowest BCUT2D eigenvalue weighted by molar-refractivity contribution is -0.128. The number of amides is 1. The lowest BCUT2D eigenvalue weighted by Gasteiger charge is -2.26. The van der Waals surface area contributed by atoms with Crippen LogP contribution < -0.4 is 5.43 Å². The van der Waals surface area contributed by atoms with Gasteiger partial charge >= 0.3 is 0 Å². The molecule has 4 heteroatoms. The summed E-state index contributed by atoms with van der Waals surface area (Å²) < 4.78 is 5.28. The van der Waals surface area contributed by atoms with Crippen molar-refractivity contribution in [2.24, 2.45) is 0 Å². The molecule has 0 spiro atoms. The highest BCUT2D eigenvalue weighted by atomic mass is 16.5. The Labute approximate surface area is 162 Å². The van der Waals surface area contributed by atoms with E-state index in [0.717, 1.165) is 32.7 Å². The van der Waals surface area contributed by atoms with E-state index in [-0.39, 0.29) is 5.91 Å². The van der Waals surface area contributed by atoms with Gasteiger partial charge in [0.2, 0.25) is 5.91 Å². The van der Waals surface area contributed by atoms with Gasteiger partial charge in [-0.1, -0.05) is 96.8 Å². The number of hydrogen-bond donors (Lipinski definition) is 1. The van der Waals surface area contributed by atoms with Crippen LogP contribution in [-0.4, -0.2) is 37.2 Å². The van der Waals surface area contributed by atoms with E-state index < -0.39 is 0 Å². The Hall–Kier alpha value is -0.610. The summed E-state index contributed by atoms with van der Waals surface area (Å²) in [6, 6.07) is 0. The number of nitrogens with one attached hydrogen (secondary N) is 1. The zero-order valence-electron chi connectivity index (χ0n) is 17.4. The van der Waals surface area contributed by atoms with Crippen molar-refractivity contribution in [1.82, 2.24) is 10.4 Å². The van der Waals surface area contributed by atoms with Crippen LogP contribution in [0, 0.1) is 0 Å². The van der Waals surface area contributed by atoms with Gasteiger partial charge in [-0.2, -0.15) is 0 Å². The fraction of sp³-hybridized carbons (Fsp3) is 0.955. The van der Waals surface area contributed by atoms with Crippen molar-refractivity contribution >= 4 is 5.91 Å². The number of morpholine rings is 1. The number of hydrazine groups is 1. The Kier molecular flexibility index (Phi) is 16.0. The van der Waals surface area contributed by atoms with Gasteiger partial charge in [-0.05, 0) is 6.42 Å². The number of nitrogens with zero attached hydrogens (tertiary/aromatic N) is 1. The quantitative estimate of drug-likeness (QED) is 0.339. The molecule has 1 aliphatic rings. The molecular formula is C22H44N2O2. The zero-order chi connectivity index (χ0) is 18.7. The second-order valence-corrected chi connectivity index (χ2v) is 7.83. The molecular weight excluding hydrogens is 324 g/mol. The van der Waals surface area contributed by atoms with Crippen molar-refractivity contribution in [2.75, 3.05) is 26.3 Å². The number of rotatable bonds is 17. The molecule has 4 nitrogen and oxygen atoms in total.